The first-order valence-corrected chi connectivity index (χ1v) is 8.36. The van der Waals surface area contributed by atoms with Crippen LogP contribution < -0.4 is 0 Å². The number of hydrogen-bond donors (Lipinski definition) is 0. The Morgan fingerprint density at radius 1 is 1.23 bits per heavy atom. The Bertz CT molecular complexity index is 421. The third kappa shape index (κ3) is 4.00. The van der Waals surface area contributed by atoms with Gasteiger partial charge < -0.3 is 14.4 Å². The van der Waals surface area contributed by atoms with E-state index in [9.17, 15) is 9.59 Å². The summed E-state index contributed by atoms with van der Waals surface area (Å²) in [5.74, 6) is 1.01. The first-order valence-electron chi connectivity index (χ1n) is 8.36. The van der Waals surface area contributed by atoms with Gasteiger partial charge in [0.05, 0.1) is 6.10 Å². The Morgan fingerprint density at radius 2 is 1.95 bits per heavy atom. The van der Waals surface area contributed by atoms with E-state index in [0.29, 0.717) is 5.92 Å². The lowest BCUT2D eigenvalue weighted by atomic mass is 9.89. The minimum atomic E-state index is -0.450. The highest BCUT2D eigenvalue weighted by molar-refractivity contribution is 5.85. The molecule has 3 atom stereocenters. The largest absolute Gasteiger partial charge is 0.437 e. The molecule has 0 aromatic heterocycles. The van der Waals surface area contributed by atoms with Gasteiger partial charge in [-0.25, -0.2) is 0 Å². The van der Waals surface area contributed by atoms with Gasteiger partial charge in [0.15, 0.2) is 6.79 Å². The number of carbonyl (C=O) groups is 2. The molecule has 5 nitrogen and oxygen atoms in total. The third-order valence-corrected chi connectivity index (χ3v) is 5.35. The fourth-order valence-electron chi connectivity index (χ4n) is 3.56. The van der Waals surface area contributed by atoms with Gasteiger partial charge in [-0.3, -0.25) is 9.59 Å². The highest BCUT2D eigenvalue weighted by atomic mass is 16.7. The molecule has 2 saturated carbocycles. The van der Waals surface area contributed by atoms with E-state index in [2.05, 4.69) is 0 Å². The van der Waals surface area contributed by atoms with Gasteiger partial charge in [-0.2, -0.15) is 0 Å². The smallest absolute Gasteiger partial charge is 0.327 e. The number of fused-ring (bicyclic) bond motifs is 2. The molecule has 22 heavy (non-hydrogen) atoms. The number of hydrogen-bond acceptors (Lipinski definition) is 4. The lowest BCUT2D eigenvalue weighted by Gasteiger charge is -2.27. The first kappa shape index (κ1) is 17.3. The van der Waals surface area contributed by atoms with E-state index >= 15 is 0 Å². The second kappa shape index (κ2) is 6.99. The average molecular weight is 311 g/mol. The Hall–Kier alpha value is -1.10. The van der Waals surface area contributed by atoms with E-state index < -0.39 is 11.4 Å². The van der Waals surface area contributed by atoms with Crippen molar-refractivity contribution in [3.05, 3.63) is 0 Å². The number of carbonyl (C=O) groups excluding carboxylic acids is 2. The summed E-state index contributed by atoms with van der Waals surface area (Å²) >= 11 is 0. The molecule has 0 aromatic rings. The molecule has 0 N–H and O–H groups in total. The van der Waals surface area contributed by atoms with Gasteiger partial charge in [0.25, 0.3) is 0 Å². The lowest BCUT2D eigenvalue weighted by molar-refractivity contribution is -0.166. The molecule has 0 aliphatic heterocycles. The summed E-state index contributed by atoms with van der Waals surface area (Å²) in [5, 5.41) is 0. The van der Waals surface area contributed by atoms with Crippen LogP contribution in [0.4, 0.5) is 0 Å². The van der Waals surface area contributed by atoms with Gasteiger partial charge in [-0.1, -0.05) is 20.8 Å². The van der Waals surface area contributed by atoms with Crippen LogP contribution in [-0.4, -0.2) is 43.3 Å². The predicted molar refractivity (Wildman–Crippen MR) is 83.0 cm³/mol. The van der Waals surface area contributed by atoms with Crippen LogP contribution in [0.1, 0.15) is 52.9 Å². The third-order valence-electron chi connectivity index (χ3n) is 5.35. The maximum atomic E-state index is 12.2. The van der Waals surface area contributed by atoms with Crippen LogP contribution in [0.2, 0.25) is 0 Å². The minimum Gasteiger partial charge on any atom is -0.437 e. The number of nitrogens with zero attached hydrogens (tertiary/aromatic N) is 1. The van der Waals surface area contributed by atoms with Crippen LogP contribution >= 0.6 is 0 Å². The van der Waals surface area contributed by atoms with Gasteiger partial charge in [0.2, 0.25) is 5.91 Å². The van der Waals surface area contributed by atoms with Gasteiger partial charge in [0.1, 0.15) is 6.54 Å². The molecule has 1 amide bonds. The van der Waals surface area contributed by atoms with E-state index in [0.717, 1.165) is 18.8 Å². The van der Waals surface area contributed by atoms with E-state index in [1.807, 2.05) is 20.8 Å². The van der Waals surface area contributed by atoms with Crippen LogP contribution in [0.15, 0.2) is 0 Å². The molecule has 0 radical (unpaired) electrons. The zero-order valence-electron chi connectivity index (χ0n) is 14.3. The van der Waals surface area contributed by atoms with Gasteiger partial charge in [-0.05, 0) is 43.9 Å². The molecule has 2 aliphatic rings. The molecular weight excluding hydrogens is 282 g/mol. The van der Waals surface area contributed by atoms with Crippen LogP contribution in [0, 0.1) is 17.3 Å². The van der Waals surface area contributed by atoms with E-state index in [1.54, 1.807) is 7.05 Å². The lowest BCUT2D eigenvalue weighted by Crippen LogP contribution is -2.41. The van der Waals surface area contributed by atoms with Crippen molar-refractivity contribution < 1.29 is 19.1 Å². The average Bonchev–Trinajstić information content (AvgIpc) is 3.08. The number of likely N-dealkylation sites (N-methyl/N-ethyl adjacent to an activating group) is 1. The summed E-state index contributed by atoms with van der Waals surface area (Å²) < 4.78 is 10.8. The quantitative estimate of drug-likeness (QED) is 0.536. The molecule has 2 rings (SSSR count). The SMILES string of the molecule is CCC(C)(C)C(=O)N(C)CC(=O)OCOC1C[C@H]2CC[C@@H]1C2. The van der Waals surface area contributed by atoms with E-state index in [1.165, 1.54) is 24.2 Å². The summed E-state index contributed by atoms with van der Waals surface area (Å²) in [6, 6.07) is 0. The second-order valence-electron chi connectivity index (χ2n) is 7.41. The Balaban J connectivity index is 1.66. The van der Waals surface area contributed by atoms with Crippen molar-refractivity contribution in [3.63, 3.8) is 0 Å². The molecule has 0 heterocycles. The molecule has 0 aromatic carbocycles. The molecule has 0 saturated heterocycles. The van der Waals surface area contributed by atoms with Gasteiger partial charge in [-0.15, -0.1) is 0 Å². The number of rotatable bonds is 7. The summed E-state index contributed by atoms with van der Waals surface area (Å²) in [6.45, 7) is 5.71. The highest BCUT2D eigenvalue weighted by Crippen LogP contribution is 2.45. The summed E-state index contributed by atoms with van der Waals surface area (Å²) in [5.41, 5.74) is -0.450. The Morgan fingerprint density at radius 3 is 2.50 bits per heavy atom. The zero-order valence-corrected chi connectivity index (χ0v) is 14.3. The van der Waals surface area contributed by atoms with E-state index in [-0.39, 0.29) is 25.3 Å². The van der Waals surface area contributed by atoms with Crippen LogP contribution in [0.5, 0.6) is 0 Å². The molecule has 0 spiro atoms. The highest BCUT2D eigenvalue weighted by Gasteiger charge is 2.40. The normalized spacial score (nSPS) is 27.0. The van der Waals surface area contributed by atoms with Crippen LogP contribution in [-0.2, 0) is 19.1 Å². The van der Waals surface area contributed by atoms with Gasteiger partial charge >= 0.3 is 5.97 Å². The van der Waals surface area contributed by atoms with Crippen LogP contribution in [0.25, 0.3) is 0 Å². The van der Waals surface area contributed by atoms with Crippen molar-refractivity contribution in [1.82, 2.24) is 4.90 Å². The van der Waals surface area contributed by atoms with Crippen molar-refractivity contribution in [1.29, 1.82) is 0 Å². The maximum Gasteiger partial charge on any atom is 0.327 e. The number of amides is 1. The second-order valence-corrected chi connectivity index (χ2v) is 7.41. The molecule has 2 aliphatic carbocycles. The zero-order chi connectivity index (χ0) is 16.3. The topological polar surface area (TPSA) is 55.8 Å². The van der Waals surface area contributed by atoms with Crippen molar-refractivity contribution in [3.8, 4) is 0 Å². The molecular formula is C17H29NO4. The monoisotopic (exact) mass is 311 g/mol. The van der Waals surface area contributed by atoms with Crippen molar-refractivity contribution in [2.24, 2.45) is 17.3 Å². The first-order chi connectivity index (χ1) is 10.3. The Kier molecular flexibility index (Phi) is 5.48. The summed E-state index contributed by atoms with van der Waals surface area (Å²) in [6.07, 6.45) is 5.92. The van der Waals surface area contributed by atoms with Crippen molar-refractivity contribution in [2.75, 3.05) is 20.4 Å². The molecule has 126 valence electrons. The van der Waals surface area contributed by atoms with Crippen LogP contribution in [0.3, 0.4) is 0 Å². The number of esters is 1. The molecule has 2 bridgehead atoms. The minimum absolute atomic E-state index is 0.00587. The summed E-state index contributed by atoms with van der Waals surface area (Å²) in [7, 11) is 1.64. The molecule has 2 fully saturated rings. The molecule has 5 heteroatoms. The Labute approximate surface area is 133 Å². The van der Waals surface area contributed by atoms with Gasteiger partial charge in [0, 0.05) is 12.5 Å². The fraction of sp³-hybridized carbons (Fsp3) is 0.882. The van der Waals surface area contributed by atoms with Crippen molar-refractivity contribution in [2.45, 2.75) is 59.0 Å². The van der Waals surface area contributed by atoms with Crippen molar-refractivity contribution >= 4 is 11.9 Å². The molecule has 1 unspecified atom stereocenters. The predicted octanol–water partition coefficient (Wildman–Crippen LogP) is 2.59. The maximum absolute atomic E-state index is 12.2. The summed E-state index contributed by atoms with van der Waals surface area (Å²) in [4.78, 5) is 25.4. The standard InChI is InChI=1S/C17H29NO4/c1-5-17(2,3)16(20)18(4)10-15(19)22-11-21-14-9-12-6-7-13(14)8-12/h12-14H,5-11H2,1-4H3/t12-,13+,14?/m0/s1. The number of ether oxygens (including phenoxy) is 2. The fourth-order valence-corrected chi connectivity index (χ4v) is 3.56. The van der Waals surface area contributed by atoms with E-state index in [4.69, 9.17) is 9.47 Å².